The second-order valence-electron chi connectivity index (χ2n) is 4.25. The Hall–Kier alpha value is -2.16. The first-order valence-electron chi connectivity index (χ1n) is 6.71. The molecular formula is C17H20FNO. The predicted molar refractivity (Wildman–Crippen MR) is 81.2 cm³/mol. The molecule has 0 saturated heterocycles. The molecule has 0 N–H and O–H groups in total. The Morgan fingerprint density at radius 1 is 1.00 bits per heavy atom. The summed E-state index contributed by atoms with van der Waals surface area (Å²) in [5.74, 6) is -0.257. The summed E-state index contributed by atoms with van der Waals surface area (Å²) in [7, 11) is 0. The van der Waals surface area contributed by atoms with E-state index in [2.05, 4.69) is 19.0 Å². The highest BCUT2D eigenvalue weighted by Gasteiger charge is 1.91. The van der Waals surface area contributed by atoms with E-state index in [-0.39, 0.29) is 5.82 Å². The van der Waals surface area contributed by atoms with Gasteiger partial charge in [0.15, 0.2) is 0 Å². The van der Waals surface area contributed by atoms with Crippen molar-refractivity contribution in [1.82, 2.24) is 0 Å². The minimum atomic E-state index is -0.257. The maximum atomic E-state index is 12.6. The second-order valence-corrected chi connectivity index (χ2v) is 4.25. The van der Waals surface area contributed by atoms with Crippen molar-refractivity contribution in [2.45, 2.75) is 26.9 Å². The third-order valence-electron chi connectivity index (χ3n) is 2.22. The zero-order valence-electron chi connectivity index (χ0n) is 11.9. The lowest BCUT2D eigenvalue weighted by atomic mass is 10.2. The van der Waals surface area contributed by atoms with Crippen LogP contribution in [0, 0.1) is 5.82 Å². The van der Waals surface area contributed by atoms with Crippen molar-refractivity contribution >= 4 is 6.21 Å². The first-order valence-corrected chi connectivity index (χ1v) is 6.71. The van der Waals surface area contributed by atoms with Crippen LogP contribution in [-0.2, 0) is 11.4 Å². The molecule has 0 amide bonds. The first kappa shape index (κ1) is 15.9. The molecule has 0 atom stereocenters. The largest absolute Gasteiger partial charge is 0.391 e. The van der Waals surface area contributed by atoms with E-state index in [0.717, 1.165) is 11.1 Å². The third kappa shape index (κ3) is 6.69. The fourth-order valence-corrected chi connectivity index (χ4v) is 1.33. The van der Waals surface area contributed by atoms with Gasteiger partial charge in [0.05, 0.1) is 6.21 Å². The van der Waals surface area contributed by atoms with Crippen LogP contribution < -0.4 is 0 Å². The minimum absolute atomic E-state index is 0.257. The zero-order valence-corrected chi connectivity index (χ0v) is 11.9. The molecule has 0 aliphatic heterocycles. The lowest BCUT2D eigenvalue weighted by molar-refractivity contribution is 0.132. The molecule has 20 heavy (non-hydrogen) atoms. The van der Waals surface area contributed by atoms with Crippen LogP contribution in [0.1, 0.15) is 31.4 Å². The van der Waals surface area contributed by atoms with Gasteiger partial charge in [-0.05, 0) is 23.3 Å². The molecule has 0 radical (unpaired) electrons. The van der Waals surface area contributed by atoms with Gasteiger partial charge in [0, 0.05) is 0 Å². The fraction of sp³-hybridized carbons (Fsp3) is 0.235. The molecule has 0 bridgehead atoms. The lowest BCUT2D eigenvalue weighted by Crippen LogP contribution is -1.87. The standard InChI is InChI=1S/C14H12FNO.C3H8/c15-14-8-6-12(7-9-14)10-16-17-11-13-4-2-1-3-5-13;1-3-2/h1-10H,11H2;3H2,1-2H3/b16-10-;. The van der Waals surface area contributed by atoms with Crippen molar-refractivity contribution in [1.29, 1.82) is 0 Å². The van der Waals surface area contributed by atoms with Gasteiger partial charge in [0.1, 0.15) is 12.4 Å². The van der Waals surface area contributed by atoms with Gasteiger partial charge >= 0.3 is 0 Å². The fourth-order valence-electron chi connectivity index (χ4n) is 1.33. The zero-order chi connectivity index (χ0) is 14.6. The summed E-state index contributed by atoms with van der Waals surface area (Å²) in [5, 5.41) is 3.82. The molecule has 106 valence electrons. The number of nitrogens with zero attached hydrogens (tertiary/aromatic N) is 1. The number of oxime groups is 1. The predicted octanol–water partition coefficient (Wildman–Crippen LogP) is 4.79. The van der Waals surface area contributed by atoms with Crippen molar-refractivity contribution in [3.63, 3.8) is 0 Å². The molecule has 0 heterocycles. The van der Waals surface area contributed by atoms with E-state index in [1.807, 2.05) is 30.3 Å². The number of hydrogen-bond acceptors (Lipinski definition) is 2. The Kier molecular flexibility index (Phi) is 7.73. The van der Waals surface area contributed by atoms with Crippen LogP contribution in [0.5, 0.6) is 0 Å². The molecule has 0 aliphatic carbocycles. The summed E-state index contributed by atoms with van der Waals surface area (Å²) in [5.41, 5.74) is 1.86. The van der Waals surface area contributed by atoms with Gasteiger partial charge in [-0.25, -0.2) is 4.39 Å². The maximum Gasteiger partial charge on any atom is 0.142 e. The summed E-state index contributed by atoms with van der Waals surface area (Å²) >= 11 is 0. The summed E-state index contributed by atoms with van der Waals surface area (Å²) in [4.78, 5) is 5.13. The molecule has 3 heteroatoms. The highest BCUT2D eigenvalue weighted by Crippen LogP contribution is 2.02. The first-order chi connectivity index (χ1) is 9.76. The van der Waals surface area contributed by atoms with Crippen LogP contribution in [0.25, 0.3) is 0 Å². The second kappa shape index (κ2) is 9.73. The van der Waals surface area contributed by atoms with Crippen LogP contribution in [0.4, 0.5) is 4.39 Å². The van der Waals surface area contributed by atoms with E-state index in [9.17, 15) is 4.39 Å². The topological polar surface area (TPSA) is 21.6 Å². The van der Waals surface area contributed by atoms with Gasteiger partial charge in [-0.2, -0.15) is 0 Å². The van der Waals surface area contributed by atoms with E-state index in [4.69, 9.17) is 4.84 Å². The van der Waals surface area contributed by atoms with Crippen LogP contribution in [0.3, 0.4) is 0 Å². The van der Waals surface area contributed by atoms with Crippen molar-refractivity contribution in [3.8, 4) is 0 Å². The molecule has 2 aromatic rings. The summed E-state index contributed by atoms with van der Waals surface area (Å²) in [6, 6.07) is 15.8. The Balaban J connectivity index is 0.000000612. The highest BCUT2D eigenvalue weighted by atomic mass is 19.1. The van der Waals surface area contributed by atoms with E-state index in [1.165, 1.54) is 18.6 Å². The van der Waals surface area contributed by atoms with E-state index in [1.54, 1.807) is 18.3 Å². The van der Waals surface area contributed by atoms with Gasteiger partial charge in [-0.3, -0.25) is 0 Å². The van der Waals surface area contributed by atoms with Gasteiger partial charge in [-0.15, -0.1) is 0 Å². The molecule has 0 fully saturated rings. The Morgan fingerprint density at radius 2 is 1.60 bits per heavy atom. The van der Waals surface area contributed by atoms with Crippen LogP contribution in [0.15, 0.2) is 59.8 Å². The van der Waals surface area contributed by atoms with Crippen LogP contribution in [-0.4, -0.2) is 6.21 Å². The monoisotopic (exact) mass is 273 g/mol. The quantitative estimate of drug-likeness (QED) is 0.579. The third-order valence-corrected chi connectivity index (χ3v) is 2.22. The molecule has 0 aromatic heterocycles. The highest BCUT2D eigenvalue weighted by molar-refractivity contribution is 5.78. The lowest BCUT2D eigenvalue weighted by Gasteiger charge is -1.98. The van der Waals surface area contributed by atoms with Gasteiger partial charge in [0.25, 0.3) is 0 Å². The van der Waals surface area contributed by atoms with Crippen LogP contribution in [0.2, 0.25) is 0 Å². The molecule has 0 saturated carbocycles. The molecule has 2 aromatic carbocycles. The Bertz CT molecular complexity index is 494. The van der Waals surface area contributed by atoms with E-state index < -0.39 is 0 Å². The normalized spacial score (nSPS) is 9.95. The molecule has 0 aliphatic rings. The van der Waals surface area contributed by atoms with E-state index >= 15 is 0 Å². The average Bonchev–Trinajstić information content (AvgIpc) is 2.47. The number of benzene rings is 2. The Morgan fingerprint density at radius 3 is 2.20 bits per heavy atom. The number of rotatable bonds is 4. The smallest absolute Gasteiger partial charge is 0.142 e. The summed E-state index contributed by atoms with van der Waals surface area (Å²) in [6.07, 6.45) is 2.81. The number of halogens is 1. The molecular weight excluding hydrogens is 253 g/mol. The average molecular weight is 273 g/mol. The van der Waals surface area contributed by atoms with Crippen molar-refractivity contribution in [3.05, 3.63) is 71.5 Å². The number of hydrogen-bond donors (Lipinski definition) is 0. The van der Waals surface area contributed by atoms with Crippen molar-refractivity contribution < 1.29 is 9.23 Å². The van der Waals surface area contributed by atoms with Gasteiger partial charge < -0.3 is 4.84 Å². The van der Waals surface area contributed by atoms with Crippen LogP contribution >= 0.6 is 0 Å². The van der Waals surface area contributed by atoms with Crippen molar-refractivity contribution in [2.75, 3.05) is 0 Å². The summed E-state index contributed by atoms with van der Waals surface area (Å²) < 4.78 is 12.6. The van der Waals surface area contributed by atoms with Crippen molar-refractivity contribution in [2.24, 2.45) is 5.16 Å². The SMILES string of the molecule is CCC.Fc1ccc(/C=N\OCc2ccccc2)cc1. The van der Waals surface area contributed by atoms with E-state index in [0.29, 0.717) is 6.61 Å². The summed E-state index contributed by atoms with van der Waals surface area (Å²) in [6.45, 7) is 4.68. The van der Waals surface area contributed by atoms with Gasteiger partial charge in [-0.1, -0.05) is 67.9 Å². The molecule has 0 unspecified atom stereocenters. The molecule has 2 nitrogen and oxygen atoms in total. The molecule has 2 rings (SSSR count). The maximum absolute atomic E-state index is 12.6. The Labute approximate surface area is 119 Å². The van der Waals surface area contributed by atoms with Gasteiger partial charge in [0.2, 0.25) is 0 Å². The molecule has 0 spiro atoms. The minimum Gasteiger partial charge on any atom is -0.391 e.